The predicted octanol–water partition coefficient (Wildman–Crippen LogP) is 0.887. The molecule has 2 rings (SSSR count). The predicted molar refractivity (Wildman–Crippen MR) is 57.4 cm³/mol. The van der Waals surface area contributed by atoms with Crippen LogP contribution in [0.5, 0.6) is 0 Å². The van der Waals surface area contributed by atoms with Crippen LogP contribution < -0.4 is 5.32 Å². The molecule has 14 heavy (non-hydrogen) atoms. The molecular formula is C10H13NO2S. The van der Waals surface area contributed by atoms with Crippen LogP contribution in [0.2, 0.25) is 0 Å². The maximum atomic E-state index is 10.4. The van der Waals surface area contributed by atoms with Crippen LogP contribution in [0.1, 0.15) is 0 Å². The van der Waals surface area contributed by atoms with Gasteiger partial charge in [-0.05, 0) is 0 Å². The highest BCUT2D eigenvalue weighted by atomic mass is 32.2. The molecule has 0 radical (unpaired) electrons. The molecule has 1 aliphatic heterocycles. The third-order valence-electron chi connectivity index (χ3n) is 2.57. The Morgan fingerprint density at radius 1 is 1.50 bits per heavy atom. The van der Waals surface area contributed by atoms with Gasteiger partial charge in [0.1, 0.15) is 0 Å². The van der Waals surface area contributed by atoms with E-state index in [-0.39, 0.29) is 6.54 Å². The van der Waals surface area contributed by atoms with Crippen molar-refractivity contribution in [1.29, 1.82) is 0 Å². The molecule has 1 fully saturated rings. The Bertz CT molecular complexity index is 288. The highest BCUT2D eigenvalue weighted by Crippen LogP contribution is 2.36. The van der Waals surface area contributed by atoms with Gasteiger partial charge in [-0.25, -0.2) is 0 Å². The monoisotopic (exact) mass is 211 g/mol. The van der Waals surface area contributed by atoms with Crippen molar-refractivity contribution in [3.8, 4) is 0 Å². The van der Waals surface area contributed by atoms with E-state index >= 15 is 0 Å². The standard InChI is InChI=1S/C10H13NO2S/c12-10(13)5-11-8-6-14-9-4-2-1-3-7(8)9/h1-4,7-9,11H,5-6H2,(H,12,13). The molecule has 76 valence electrons. The van der Waals surface area contributed by atoms with Gasteiger partial charge in [0.15, 0.2) is 0 Å². The number of hydrogen-bond donors (Lipinski definition) is 2. The van der Waals surface area contributed by atoms with E-state index in [1.54, 1.807) is 0 Å². The molecule has 0 spiro atoms. The Morgan fingerprint density at radius 2 is 2.29 bits per heavy atom. The van der Waals surface area contributed by atoms with E-state index in [0.717, 1.165) is 5.75 Å². The molecule has 0 amide bonds. The van der Waals surface area contributed by atoms with Crippen LogP contribution in [-0.4, -0.2) is 34.7 Å². The summed E-state index contributed by atoms with van der Waals surface area (Å²) in [5, 5.41) is 12.2. The maximum Gasteiger partial charge on any atom is 0.317 e. The minimum absolute atomic E-state index is 0.0615. The Balaban J connectivity index is 1.92. The molecule has 0 aromatic heterocycles. The number of fused-ring (bicyclic) bond motifs is 1. The van der Waals surface area contributed by atoms with E-state index in [0.29, 0.717) is 17.2 Å². The highest BCUT2D eigenvalue weighted by molar-refractivity contribution is 8.00. The van der Waals surface area contributed by atoms with Crippen molar-refractivity contribution in [1.82, 2.24) is 5.32 Å². The zero-order chi connectivity index (χ0) is 9.97. The van der Waals surface area contributed by atoms with Gasteiger partial charge >= 0.3 is 5.97 Å². The molecular weight excluding hydrogens is 198 g/mol. The third-order valence-corrected chi connectivity index (χ3v) is 3.98. The Morgan fingerprint density at radius 3 is 3.07 bits per heavy atom. The first kappa shape index (κ1) is 9.80. The summed E-state index contributed by atoms with van der Waals surface area (Å²) in [7, 11) is 0. The van der Waals surface area contributed by atoms with Crippen LogP contribution in [0.15, 0.2) is 24.3 Å². The lowest BCUT2D eigenvalue weighted by molar-refractivity contribution is -0.136. The fraction of sp³-hybridized carbons (Fsp3) is 0.500. The van der Waals surface area contributed by atoms with Crippen LogP contribution in [0, 0.1) is 5.92 Å². The number of allylic oxidation sites excluding steroid dienone is 2. The highest BCUT2D eigenvalue weighted by Gasteiger charge is 2.34. The lowest BCUT2D eigenvalue weighted by Gasteiger charge is -2.20. The molecule has 2 N–H and O–H groups in total. The van der Waals surface area contributed by atoms with Gasteiger partial charge in [-0.2, -0.15) is 11.8 Å². The average molecular weight is 211 g/mol. The van der Waals surface area contributed by atoms with E-state index in [1.807, 2.05) is 17.8 Å². The van der Waals surface area contributed by atoms with Gasteiger partial charge in [-0.1, -0.05) is 24.3 Å². The number of aliphatic carboxylic acids is 1. The Hall–Kier alpha value is -0.740. The molecule has 3 unspecified atom stereocenters. The lowest BCUT2D eigenvalue weighted by Crippen LogP contribution is -2.39. The van der Waals surface area contributed by atoms with Gasteiger partial charge in [0.05, 0.1) is 6.54 Å². The third kappa shape index (κ3) is 2.01. The van der Waals surface area contributed by atoms with Crippen LogP contribution in [0.3, 0.4) is 0 Å². The van der Waals surface area contributed by atoms with E-state index in [4.69, 9.17) is 5.11 Å². The number of carboxylic acids is 1. The summed E-state index contributed by atoms with van der Waals surface area (Å²) in [6, 6.07) is 0.308. The summed E-state index contributed by atoms with van der Waals surface area (Å²) in [4.78, 5) is 10.4. The van der Waals surface area contributed by atoms with Crippen LogP contribution in [0.4, 0.5) is 0 Å². The van der Waals surface area contributed by atoms with Crippen LogP contribution in [-0.2, 0) is 4.79 Å². The van der Waals surface area contributed by atoms with Crippen molar-refractivity contribution >= 4 is 17.7 Å². The Labute approximate surface area is 87.3 Å². The molecule has 3 nitrogen and oxygen atoms in total. The SMILES string of the molecule is O=C(O)CNC1CSC2C=CC=CC12. The number of carbonyl (C=O) groups is 1. The van der Waals surface area contributed by atoms with Crippen LogP contribution in [0.25, 0.3) is 0 Å². The minimum Gasteiger partial charge on any atom is -0.480 e. The van der Waals surface area contributed by atoms with Gasteiger partial charge in [0, 0.05) is 23.0 Å². The summed E-state index contributed by atoms with van der Waals surface area (Å²) >= 11 is 1.89. The molecule has 3 atom stereocenters. The summed E-state index contributed by atoms with van der Waals surface area (Å²) in [6.45, 7) is 0.0615. The van der Waals surface area contributed by atoms with E-state index in [2.05, 4.69) is 23.5 Å². The topological polar surface area (TPSA) is 49.3 Å². The van der Waals surface area contributed by atoms with Crippen molar-refractivity contribution in [3.05, 3.63) is 24.3 Å². The van der Waals surface area contributed by atoms with Crippen LogP contribution >= 0.6 is 11.8 Å². The number of rotatable bonds is 3. The van der Waals surface area contributed by atoms with Gasteiger partial charge in [-0.3, -0.25) is 4.79 Å². The van der Waals surface area contributed by atoms with Gasteiger partial charge in [0.25, 0.3) is 0 Å². The first-order valence-electron chi connectivity index (χ1n) is 4.69. The zero-order valence-corrected chi connectivity index (χ0v) is 8.54. The number of thioether (sulfide) groups is 1. The molecule has 1 heterocycles. The summed E-state index contributed by atoms with van der Waals surface area (Å²) in [5.74, 6) is 0.676. The normalized spacial score (nSPS) is 34.4. The number of carboxylic acid groups (broad SMARTS) is 1. The molecule has 0 aromatic carbocycles. The van der Waals surface area contributed by atoms with Crippen molar-refractivity contribution in [2.75, 3.05) is 12.3 Å². The zero-order valence-electron chi connectivity index (χ0n) is 7.72. The number of hydrogen-bond acceptors (Lipinski definition) is 3. The minimum atomic E-state index is -0.784. The Kier molecular flexibility index (Phi) is 2.93. The van der Waals surface area contributed by atoms with Gasteiger partial charge < -0.3 is 10.4 Å². The molecule has 0 saturated carbocycles. The first-order chi connectivity index (χ1) is 6.77. The summed E-state index contributed by atoms with van der Waals surface area (Å²) < 4.78 is 0. The largest absolute Gasteiger partial charge is 0.480 e. The second-order valence-electron chi connectivity index (χ2n) is 3.53. The van der Waals surface area contributed by atoms with Crippen molar-refractivity contribution in [2.24, 2.45) is 5.92 Å². The molecule has 1 saturated heterocycles. The maximum absolute atomic E-state index is 10.4. The van der Waals surface area contributed by atoms with Crippen molar-refractivity contribution < 1.29 is 9.90 Å². The molecule has 4 heteroatoms. The van der Waals surface area contributed by atoms with E-state index in [9.17, 15) is 4.79 Å². The van der Waals surface area contributed by atoms with Gasteiger partial charge in [0.2, 0.25) is 0 Å². The fourth-order valence-electron chi connectivity index (χ4n) is 1.87. The van der Waals surface area contributed by atoms with E-state index in [1.165, 1.54) is 0 Å². The summed E-state index contributed by atoms with van der Waals surface area (Å²) in [5.41, 5.74) is 0. The lowest BCUT2D eigenvalue weighted by atomic mass is 9.94. The molecule has 2 aliphatic rings. The molecule has 0 bridgehead atoms. The average Bonchev–Trinajstić information content (AvgIpc) is 2.58. The second kappa shape index (κ2) is 4.19. The quantitative estimate of drug-likeness (QED) is 0.728. The molecule has 1 aliphatic carbocycles. The number of nitrogens with one attached hydrogen (secondary N) is 1. The first-order valence-corrected chi connectivity index (χ1v) is 5.74. The van der Waals surface area contributed by atoms with Crippen molar-refractivity contribution in [2.45, 2.75) is 11.3 Å². The van der Waals surface area contributed by atoms with Crippen molar-refractivity contribution in [3.63, 3.8) is 0 Å². The second-order valence-corrected chi connectivity index (χ2v) is 4.74. The smallest absolute Gasteiger partial charge is 0.317 e. The molecule has 0 aromatic rings. The summed E-state index contributed by atoms with van der Waals surface area (Å²) in [6.07, 6.45) is 8.47. The van der Waals surface area contributed by atoms with E-state index < -0.39 is 5.97 Å². The van der Waals surface area contributed by atoms with Gasteiger partial charge in [-0.15, -0.1) is 0 Å². The fourth-order valence-corrected chi connectivity index (χ4v) is 3.35.